The van der Waals surface area contributed by atoms with Crippen LogP contribution in [0.3, 0.4) is 0 Å². The fourth-order valence-electron chi connectivity index (χ4n) is 1.73. The predicted molar refractivity (Wildman–Crippen MR) is 58.0 cm³/mol. The fraction of sp³-hybridized carbons (Fsp3) is 0.818. The van der Waals surface area contributed by atoms with Gasteiger partial charge in [-0.1, -0.05) is 0 Å². The maximum Gasteiger partial charge on any atom is 0.324 e. The van der Waals surface area contributed by atoms with E-state index in [4.69, 9.17) is 4.74 Å². The molecule has 0 radical (unpaired) electrons. The molecule has 1 aliphatic rings. The first kappa shape index (κ1) is 13.0. The molecule has 0 unspecified atom stereocenters. The number of carboxylic acids is 1. The third kappa shape index (κ3) is 2.72. The van der Waals surface area contributed by atoms with Gasteiger partial charge in [0.05, 0.1) is 0 Å². The van der Waals surface area contributed by atoms with Gasteiger partial charge in [0.15, 0.2) is 5.41 Å². The summed E-state index contributed by atoms with van der Waals surface area (Å²) in [7, 11) is 0. The summed E-state index contributed by atoms with van der Waals surface area (Å²) < 4.78 is 5.19. The molecule has 5 nitrogen and oxygen atoms in total. The van der Waals surface area contributed by atoms with Gasteiger partial charge in [0, 0.05) is 0 Å². The first-order valence-corrected chi connectivity index (χ1v) is 5.45. The molecule has 1 saturated heterocycles. The van der Waals surface area contributed by atoms with Crippen molar-refractivity contribution in [2.24, 2.45) is 5.41 Å². The second kappa shape index (κ2) is 4.41. The molecule has 0 aromatic rings. The Kier molecular flexibility index (Phi) is 3.57. The van der Waals surface area contributed by atoms with Crippen LogP contribution < -0.4 is 5.32 Å². The molecular weight excluding hydrogens is 210 g/mol. The molecule has 0 aliphatic carbocycles. The minimum absolute atomic E-state index is 0.289. The number of nitrogens with one attached hydrogen (secondary N) is 1. The monoisotopic (exact) mass is 229 g/mol. The Hall–Kier alpha value is -1.10. The van der Waals surface area contributed by atoms with Gasteiger partial charge in [-0.25, -0.2) is 0 Å². The maximum atomic E-state index is 11.9. The van der Waals surface area contributed by atoms with Crippen LogP contribution in [-0.2, 0) is 14.3 Å². The van der Waals surface area contributed by atoms with Crippen LogP contribution in [0.2, 0.25) is 0 Å². The van der Waals surface area contributed by atoms with Crippen molar-refractivity contribution in [3.63, 3.8) is 0 Å². The lowest BCUT2D eigenvalue weighted by molar-refractivity contribution is -0.178. The molecule has 1 aliphatic heterocycles. The topological polar surface area (TPSA) is 75.6 Å². The van der Waals surface area contributed by atoms with E-state index < -0.39 is 23.0 Å². The van der Waals surface area contributed by atoms with E-state index in [1.54, 1.807) is 20.8 Å². The lowest BCUT2D eigenvalue weighted by atomic mass is 9.79. The van der Waals surface area contributed by atoms with Crippen molar-refractivity contribution in [1.29, 1.82) is 0 Å². The number of carbonyl (C=O) groups is 2. The molecule has 1 rings (SSSR count). The van der Waals surface area contributed by atoms with E-state index in [0.717, 1.165) is 0 Å². The van der Waals surface area contributed by atoms with Crippen molar-refractivity contribution in [3.8, 4) is 0 Å². The summed E-state index contributed by atoms with van der Waals surface area (Å²) in [5.41, 5.74) is -2.01. The molecule has 16 heavy (non-hydrogen) atoms. The molecule has 2 N–H and O–H groups in total. The minimum Gasteiger partial charge on any atom is -0.480 e. The average molecular weight is 229 g/mol. The van der Waals surface area contributed by atoms with Gasteiger partial charge in [-0.15, -0.1) is 0 Å². The van der Waals surface area contributed by atoms with Crippen LogP contribution in [0.4, 0.5) is 0 Å². The highest BCUT2D eigenvalue weighted by Crippen LogP contribution is 2.32. The zero-order valence-electron chi connectivity index (χ0n) is 10.0. The van der Waals surface area contributed by atoms with Crippen LogP contribution in [0.25, 0.3) is 0 Å². The smallest absolute Gasteiger partial charge is 0.324 e. The average Bonchev–Trinajstić information content (AvgIpc) is 2.16. The van der Waals surface area contributed by atoms with Crippen molar-refractivity contribution >= 4 is 11.9 Å². The lowest BCUT2D eigenvalue weighted by Gasteiger charge is -2.33. The van der Waals surface area contributed by atoms with Crippen LogP contribution in [0.15, 0.2) is 0 Å². The number of hydrogen-bond donors (Lipinski definition) is 2. The maximum absolute atomic E-state index is 11.9. The van der Waals surface area contributed by atoms with E-state index in [1.165, 1.54) is 0 Å². The fourth-order valence-corrected chi connectivity index (χ4v) is 1.73. The number of esters is 1. The predicted octanol–water partition coefficient (Wildman–Crippen LogP) is 0.782. The Morgan fingerprint density at radius 1 is 1.25 bits per heavy atom. The number of carboxylic acid groups (broad SMARTS) is 1. The SMILES string of the molecule is CC(C)(C)OC(=O)C1(C(=O)O)CCNCC1. The van der Waals surface area contributed by atoms with Gasteiger partial charge in [-0.2, -0.15) is 0 Å². The summed E-state index contributed by atoms with van der Waals surface area (Å²) in [5, 5.41) is 12.3. The van der Waals surface area contributed by atoms with Crippen molar-refractivity contribution in [3.05, 3.63) is 0 Å². The van der Waals surface area contributed by atoms with Gasteiger partial charge in [0.1, 0.15) is 5.60 Å². The second-order valence-corrected chi connectivity index (χ2v) is 5.14. The van der Waals surface area contributed by atoms with E-state index in [2.05, 4.69) is 5.32 Å². The van der Waals surface area contributed by atoms with Gasteiger partial charge in [0.25, 0.3) is 0 Å². The third-order valence-corrected chi connectivity index (χ3v) is 2.66. The Bertz CT molecular complexity index is 287. The first-order chi connectivity index (χ1) is 7.28. The van der Waals surface area contributed by atoms with Gasteiger partial charge >= 0.3 is 11.9 Å². The molecule has 0 bridgehead atoms. The lowest BCUT2D eigenvalue weighted by Crippen LogP contribution is -2.49. The summed E-state index contributed by atoms with van der Waals surface area (Å²) in [6, 6.07) is 0. The van der Waals surface area contributed by atoms with Gasteiger partial charge in [0.2, 0.25) is 0 Å². The van der Waals surface area contributed by atoms with Crippen LogP contribution in [0.5, 0.6) is 0 Å². The number of aliphatic carboxylic acids is 1. The van der Waals surface area contributed by atoms with Gasteiger partial charge in [-0.05, 0) is 46.7 Å². The Morgan fingerprint density at radius 3 is 2.12 bits per heavy atom. The molecule has 1 heterocycles. The van der Waals surface area contributed by atoms with Crippen molar-refractivity contribution in [2.75, 3.05) is 13.1 Å². The van der Waals surface area contributed by atoms with Crippen molar-refractivity contribution < 1.29 is 19.4 Å². The van der Waals surface area contributed by atoms with Gasteiger partial charge in [-0.3, -0.25) is 9.59 Å². The summed E-state index contributed by atoms with van der Waals surface area (Å²) in [6.45, 7) is 6.28. The third-order valence-electron chi connectivity index (χ3n) is 2.66. The molecular formula is C11H19NO4. The van der Waals surface area contributed by atoms with Crippen LogP contribution in [-0.4, -0.2) is 35.7 Å². The number of piperidine rings is 1. The molecule has 0 saturated carbocycles. The number of ether oxygens (including phenoxy) is 1. The van der Waals surface area contributed by atoms with Gasteiger partial charge < -0.3 is 15.2 Å². The standard InChI is InChI=1S/C11H19NO4/c1-10(2,3)16-9(15)11(8(13)14)4-6-12-7-5-11/h12H,4-7H2,1-3H3,(H,13,14). The Labute approximate surface area is 95.2 Å². The minimum atomic E-state index is -1.36. The molecule has 0 atom stereocenters. The summed E-state index contributed by atoms with van der Waals surface area (Å²) in [5.74, 6) is -1.70. The molecule has 0 aromatic carbocycles. The highest BCUT2D eigenvalue weighted by Gasteiger charge is 2.49. The van der Waals surface area contributed by atoms with E-state index in [0.29, 0.717) is 13.1 Å². The molecule has 92 valence electrons. The zero-order chi connectivity index (χ0) is 12.4. The molecule has 0 amide bonds. The zero-order valence-corrected chi connectivity index (χ0v) is 10.0. The number of hydrogen-bond acceptors (Lipinski definition) is 4. The van der Waals surface area contributed by atoms with E-state index in [1.807, 2.05) is 0 Å². The molecule has 0 aromatic heterocycles. The Balaban J connectivity index is 2.85. The summed E-state index contributed by atoms with van der Waals surface area (Å²) in [4.78, 5) is 23.2. The summed E-state index contributed by atoms with van der Waals surface area (Å²) >= 11 is 0. The largest absolute Gasteiger partial charge is 0.480 e. The molecule has 0 spiro atoms. The van der Waals surface area contributed by atoms with Crippen LogP contribution >= 0.6 is 0 Å². The number of rotatable bonds is 2. The highest BCUT2D eigenvalue weighted by molar-refractivity contribution is 5.99. The van der Waals surface area contributed by atoms with Crippen LogP contribution in [0, 0.1) is 5.41 Å². The normalized spacial score (nSPS) is 20.2. The Morgan fingerprint density at radius 2 is 1.75 bits per heavy atom. The van der Waals surface area contributed by atoms with Crippen molar-refractivity contribution in [2.45, 2.75) is 39.2 Å². The van der Waals surface area contributed by atoms with E-state index in [-0.39, 0.29) is 12.8 Å². The van der Waals surface area contributed by atoms with Crippen LogP contribution in [0.1, 0.15) is 33.6 Å². The van der Waals surface area contributed by atoms with E-state index >= 15 is 0 Å². The molecule has 5 heteroatoms. The second-order valence-electron chi connectivity index (χ2n) is 5.14. The quantitative estimate of drug-likeness (QED) is 0.540. The van der Waals surface area contributed by atoms with Crippen molar-refractivity contribution in [1.82, 2.24) is 5.32 Å². The number of carbonyl (C=O) groups excluding carboxylic acids is 1. The highest BCUT2D eigenvalue weighted by atomic mass is 16.6. The first-order valence-electron chi connectivity index (χ1n) is 5.45. The molecule has 1 fully saturated rings. The summed E-state index contributed by atoms with van der Waals surface area (Å²) in [6.07, 6.45) is 0.578. The van der Waals surface area contributed by atoms with E-state index in [9.17, 15) is 14.7 Å².